The van der Waals surface area contributed by atoms with E-state index in [1.807, 2.05) is 0 Å². The maximum absolute atomic E-state index is 8.71. The van der Waals surface area contributed by atoms with Gasteiger partial charge in [0.1, 0.15) is 0 Å². The van der Waals surface area contributed by atoms with Gasteiger partial charge in [-0.25, -0.2) is 0 Å². The molecule has 1 spiro atoms. The van der Waals surface area contributed by atoms with Crippen molar-refractivity contribution >= 4 is 0 Å². The van der Waals surface area contributed by atoms with Crippen molar-refractivity contribution in [3.8, 4) is 0 Å². The SMILES string of the molecule is OCCCCCCN1CC2(CCCCCC2)C1. The van der Waals surface area contributed by atoms with E-state index in [0.29, 0.717) is 6.61 Å². The van der Waals surface area contributed by atoms with Crippen LogP contribution >= 0.6 is 0 Å². The highest BCUT2D eigenvalue weighted by Crippen LogP contribution is 2.42. The number of aliphatic hydroxyl groups is 1. The highest BCUT2D eigenvalue weighted by Gasteiger charge is 2.41. The smallest absolute Gasteiger partial charge is 0.0431 e. The van der Waals surface area contributed by atoms with Gasteiger partial charge < -0.3 is 10.0 Å². The summed E-state index contributed by atoms with van der Waals surface area (Å²) < 4.78 is 0. The lowest BCUT2D eigenvalue weighted by Gasteiger charge is -2.50. The van der Waals surface area contributed by atoms with E-state index in [-0.39, 0.29) is 0 Å². The summed E-state index contributed by atoms with van der Waals surface area (Å²) in [4.78, 5) is 2.66. The van der Waals surface area contributed by atoms with Crippen molar-refractivity contribution in [2.24, 2.45) is 5.41 Å². The molecule has 1 aliphatic heterocycles. The molecule has 17 heavy (non-hydrogen) atoms. The molecule has 2 aliphatic rings. The van der Waals surface area contributed by atoms with Gasteiger partial charge in [-0.15, -0.1) is 0 Å². The molecule has 0 unspecified atom stereocenters. The van der Waals surface area contributed by atoms with Crippen molar-refractivity contribution in [1.82, 2.24) is 4.90 Å². The molecular formula is C15H29NO. The van der Waals surface area contributed by atoms with E-state index >= 15 is 0 Å². The monoisotopic (exact) mass is 239 g/mol. The fourth-order valence-corrected chi connectivity index (χ4v) is 3.66. The van der Waals surface area contributed by atoms with Crippen LogP contribution in [0, 0.1) is 5.41 Å². The third kappa shape index (κ3) is 3.96. The second-order valence-corrected chi connectivity index (χ2v) is 6.26. The number of aliphatic hydroxyl groups excluding tert-OH is 1. The molecule has 1 saturated carbocycles. The summed E-state index contributed by atoms with van der Waals surface area (Å²) in [7, 11) is 0. The topological polar surface area (TPSA) is 23.5 Å². The van der Waals surface area contributed by atoms with Crippen molar-refractivity contribution in [2.75, 3.05) is 26.2 Å². The fourth-order valence-electron chi connectivity index (χ4n) is 3.66. The van der Waals surface area contributed by atoms with Gasteiger partial charge in [-0.05, 0) is 37.6 Å². The first-order valence-electron chi connectivity index (χ1n) is 7.68. The van der Waals surface area contributed by atoms with Crippen LogP contribution in [-0.4, -0.2) is 36.2 Å². The van der Waals surface area contributed by atoms with E-state index in [0.717, 1.165) is 11.8 Å². The zero-order chi connectivity index (χ0) is 12.0. The lowest BCUT2D eigenvalue weighted by molar-refractivity contribution is -0.0124. The standard InChI is InChI=1S/C15H29NO/c17-12-8-4-3-7-11-16-13-15(14-16)9-5-1-2-6-10-15/h17H,1-14H2. The Balaban J connectivity index is 1.55. The van der Waals surface area contributed by atoms with Crippen molar-refractivity contribution in [1.29, 1.82) is 0 Å². The first-order chi connectivity index (χ1) is 8.35. The molecule has 0 aromatic carbocycles. The lowest BCUT2D eigenvalue weighted by Crippen LogP contribution is -2.56. The fraction of sp³-hybridized carbons (Fsp3) is 1.00. The number of nitrogens with zero attached hydrogens (tertiary/aromatic N) is 1. The van der Waals surface area contributed by atoms with Crippen LogP contribution in [0.5, 0.6) is 0 Å². The Labute approximate surface area is 106 Å². The summed E-state index contributed by atoms with van der Waals surface area (Å²) >= 11 is 0. The molecule has 1 aliphatic carbocycles. The van der Waals surface area contributed by atoms with Crippen LogP contribution in [0.25, 0.3) is 0 Å². The number of hydrogen-bond donors (Lipinski definition) is 1. The maximum Gasteiger partial charge on any atom is 0.0431 e. The average molecular weight is 239 g/mol. The van der Waals surface area contributed by atoms with Crippen molar-refractivity contribution in [3.63, 3.8) is 0 Å². The normalized spacial score (nSPS) is 24.5. The predicted molar refractivity (Wildman–Crippen MR) is 72.1 cm³/mol. The minimum absolute atomic E-state index is 0.368. The number of likely N-dealkylation sites (tertiary alicyclic amines) is 1. The molecule has 0 aromatic heterocycles. The van der Waals surface area contributed by atoms with Gasteiger partial charge in [0.05, 0.1) is 0 Å². The van der Waals surface area contributed by atoms with Gasteiger partial charge in [0.2, 0.25) is 0 Å². The molecule has 1 saturated heterocycles. The second-order valence-electron chi connectivity index (χ2n) is 6.26. The van der Waals surface area contributed by atoms with Crippen LogP contribution in [0.3, 0.4) is 0 Å². The zero-order valence-electron chi connectivity index (χ0n) is 11.3. The van der Waals surface area contributed by atoms with Crippen LogP contribution in [0.15, 0.2) is 0 Å². The molecule has 2 fully saturated rings. The highest BCUT2D eigenvalue weighted by atomic mass is 16.2. The molecule has 100 valence electrons. The number of rotatable bonds is 6. The molecule has 2 heteroatoms. The van der Waals surface area contributed by atoms with Crippen molar-refractivity contribution < 1.29 is 5.11 Å². The maximum atomic E-state index is 8.71. The van der Waals surface area contributed by atoms with Crippen molar-refractivity contribution in [3.05, 3.63) is 0 Å². The summed E-state index contributed by atoms with van der Waals surface area (Å²) in [6.07, 6.45) is 13.7. The predicted octanol–water partition coefficient (Wildman–Crippen LogP) is 3.20. The van der Waals surface area contributed by atoms with Gasteiger partial charge in [0.25, 0.3) is 0 Å². The molecule has 1 N–H and O–H groups in total. The van der Waals surface area contributed by atoms with Crippen LogP contribution < -0.4 is 0 Å². The first-order valence-corrected chi connectivity index (χ1v) is 7.68. The number of unbranched alkanes of at least 4 members (excludes halogenated alkanes) is 3. The van der Waals surface area contributed by atoms with Crippen LogP contribution in [0.2, 0.25) is 0 Å². The van der Waals surface area contributed by atoms with Gasteiger partial charge in [-0.1, -0.05) is 38.5 Å². The first kappa shape index (κ1) is 13.4. The summed E-state index contributed by atoms with van der Waals surface area (Å²) in [5.41, 5.74) is 0.738. The zero-order valence-corrected chi connectivity index (χ0v) is 11.3. The minimum Gasteiger partial charge on any atom is -0.396 e. The molecular weight excluding hydrogens is 210 g/mol. The Kier molecular flexibility index (Phi) is 5.30. The lowest BCUT2D eigenvalue weighted by atomic mass is 9.73. The minimum atomic E-state index is 0.368. The molecule has 0 radical (unpaired) electrons. The highest BCUT2D eigenvalue weighted by molar-refractivity contribution is 4.95. The van der Waals surface area contributed by atoms with E-state index < -0.39 is 0 Å². The van der Waals surface area contributed by atoms with Crippen molar-refractivity contribution in [2.45, 2.75) is 64.2 Å². The Hall–Kier alpha value is -0.0800. The van der Waals surface area contributed by atoms with E-state index in [9.17, 15) is 0 Å². The summed E-state index contributed by atoms with van der Waals surface area (Å²) in [5, 5.41) is 8.71. The second kappa shape index (κ2) is 6.75. The van der Waals surface area contributed by atoms with Crippen LogP contribution in [0.1, 0.15) is 64.2 Å². The van der Waals surface area contributed by atoms with Gasteiger partial charge in [0.15, 0.2) is 0 Å². The molecule has 2 nitrogen and oxygen atoms in total. The Bertz CT molecular complexity index is 201. The molecule has 0 bridgehead atoms. The molecule has 1 heterocycles. The van der Waals surface area contributed by atoms with Gasteiger partial charge in [-0.3, -0.25) is 0 Å². The van der Waals surface area contributed by atoms with Gasteiger partial charge >= 0.3 is 0 Å². The molecule has 0 atom stereocenters. The van der Waals surface area contributed by atoms with Gasteiger partial charge in [-0.2, -0.15) is 0 Å². The van der Waals surface area contributed by atoms with E-state index in [2.05, 4.69) is 4.90 Å². The number of hydrogen-bond acceptors (Lipinski definition) is 2. The molecule has 2 rings (SSSR count). The summed E-state index contributed by atoms with van der Waals surface area (Å²) in [6, 6.07) is 0. The summed E-state index contributed by atoms with van der Waals surface area (Å²) in [6.45, 7) is 4.43. The Morgan fingerprint density at radius 2 is 1.47 bits per heavy atom. The Morgan fingerprint density at radius 3 is 2.12 bits per heavy atom. The third-order valence-electron chi connectivity index (χ3n) is 4.66. The van der Waals surface area contributed by atoms with E-state index in [4.69, 9.17) is 5.11 Å². The van der Waals surface area contributed by atoms with Gasteiger partial charge in [0, 0.05) is 19.7 Å². The van der Waals surface area contributed by atoms with Crippen LogP contribution in [-0.2, 0) is 0 Å². The van der Waals surface area contributed by atoms with Crippen LogP contribution in [0.4, 0.5) is 0 Å². The summed E-state index contributed by atoms with van der Waals surface area (Å²) in [5.74, 6) is 0. The molecule has 0 amide bonds. The average Bonchev–Trinajstić information content (AvgIpc) is 2.53. The van der Waals surface area contributed by atoms with E-state index in [1.54, 1.807) is 0 Å². The molecule has 0 aromatic rings. The van der Waals surface area contributed by atoms with E-state index in [1.165, 1.54) is 77.4 Å². The third-order valence-corrected chi connectivity index (χ3v) is 4.66. The largest absolute Gasteiger partial charge is 0.396 e. The Morgan fingerprint density at radius 1 is 0.824 bits per heavy atom. The quantitative estimate of drug-likeness (QED) is 0.720.